The summed E-state index contributed by atoms with van der Waals surface area (Å²) >= 11 is 0. The Bertz CT molecular complexity index is 2660. The monoisotopic (exact) mass is 654 g/mol. The summed E-state index contributed by atoms with van der Waals surface area (Å²) in [4.78, 5) is 5.08. The van der Waals surface area contributed by atoms with E-state index in [-0.39, 0.29) is 10.8 Å². The van der Waals surface area contributed by atoms with Crippen LogP contribution in [0.15, 0.2) is 158 Å². The smallest absolute Gasteiger partial charge is 0.145 e. The van der Waals surface area contributed by atoms with Crippen molar-refractivity contribution in [3.63, 3.8) is 0 Å². The summed E-state index contributed by atoms with van der Waals surface area (Å²) in [7, 11) is 0. The number of hydrogen-bond donors (Lipinski definition) is 0. The highest BCUT2D eigenvalue weighted by atomic mass is 15.1. The Kier molecular flexibility index (Phi) is 6.30. The molecule has 0 amide bonds. The molecular weight excluding hydrogens is 617 g/mol. The Labute approximate surface area is 299 Å². The van der Waals surface area contributed by atoms with E-state index in [9.17, 15) is 0 Å². The molecule has 1 heterocycles. The standard InChI is InChI=1S/C49H38N2/c1-48(2)41-27-34(31-13-7-5-8-14-31)23-25-37(41)39-29-44-40(30-43(39)48)38-26-24-35(28-42(38)49(44,3)4)32-19-21-33(22-20-32)47-50-45-17-11-12-18-46(45)51(47)36-15-9-6-10-16-36/h5-30H,1-4H3. The third-order valence-corrected chi connectivity index (χ3v) is 11.6. The normalized spacial score (nSPS) is 14.6. The molecule has 244 valence electrons. The maximum absolute atomic E-state index is 5.08. The Morgan fingerprint density at radius 1 is 0.392 bits per heavy atom. The molecule has 0 saturated carbocycles. The third-order valence-electron chi connectivity index (χ3n) is 11.6. The molecule has 0 saturated heterocycles. The second kappa shape index (κ2) is 10.8. The van der Waals surface area contributed by atoms with Crippen LogP contribution in [0.2, 0.25) is 0 Å². The molecule has 0 N–H and O–H groups in total. The summed E-state index contributed by atoms with van der Waals surface area (Å²) in [5, 5.41) is 0. The minimum atomic E-state index is -0.118. The molecule has 0 fully saturated rings. The van der Waals surface area contributed by atoms with Crippen LogP contribution in [0, 0.1) is 0 Å². The van der Waals surface area contributed by atoms with Crippen molar-refractivity contribution in [2.24, 2.45) is 0 Å². The minimum Gasteiger partial charge on any atom is -0.292 e. The van der Waals surface area contributed by atoms with E-state index in [1.165, 1.54) is 66.8 Å². The largest absolute Gasteiger partial charge is 0.292 e. The van der Waals surface area contributed by atoms with Crippen molar-refractivity contribution in [3.05, 3.63) is 180 Å². The zero-order valence-electron chi connectivity index (χ0n) is 29.4. The number of imidazole rings is 1. The molecule has 8 aromatic rings. The highest BCUT2D eigenvalue weighted by Gasteiger charge is 2.41. The summed E-state index contributed by atoms with van der Waals surface area (Å²) in [6.07, 6.45) is 0. The van der Waals surface area contributed by atoms with Gasteiger partial charge in [-0.2, -0.15) is 0 Å². The summed E-state index contributed by atoms with van der Waals surface area (Å²) in [5.74, 6) is 0.952. The van der Waals surface area contributed by atoms with Crippen molar-refractivity contribution in [2.45, 2.75) is 38.5 Å². The molecule has 0 bridgehead atoms. The van der Waals surface area contributed by atoms with Gasteiger partial charge in [0.05, 0.1) is 11.0 Å². The van der Waals surface area contributed by atoms with Crippen LogP contribution in [0.4, 0.5) is 0 Å². The van der Waals surface area contributed by atoms with Gasteiger partial charge in [0.2, 0.25) is 0 Å². The first kappa shape index (κ1) is 29.9. The third kappa shape index (κ3) is 4.39. The average molecular weight is 655 g/mol. The lowest BCUT2D eigenvalue weighted by Gasteiger charge is -2.24. The first-order valence-corrected chi connectivity index (χ1v) is 18.0. The summed E-state index contributed by atoms with van der Waals surface area (Å²) in [6, 6.07) is 57.7. The fraction of sp³-hybridized carbons (Fsp3) is 0.122. The van der Waals surface area contributed by atoms with E-state index in [0.29, 0.717) is 0 Å². The van der Waals surface area contributed by atoms with E-state index in [1.54, 1.807) is 0 Å². The predicted octanol–water partition coefficient (Wildman–Crippen LogP) is 12.6. The molecule has 0 aliphatic heterocycles. The van der Waals surface area contributed by atoms with Crippen molar-refractivity contribution in [1.29, 1.82) is 0 Å². The molecule has 51 heavy (non-hydrogen) atoms. The Morgan fingerprint density at radius 3 is 1.43 bits per heavy atom. The van der Waals surface area contributed by atoms with Gasteiger partial charge in [0.25, 0.3) is 0 Å². The molecule has 0 unspecified atom stereocenters. The number of para-hydroxylation sites is 3. The summed E-state index contributed by atoms with van der Waals surface area (Å²) in [6.45, 7) is 9.57. The number of rotatable bonds is 4. The second-order valence-corrected chi connectivity index (χ2v) is 15.3. The highest BCUT2D eigenvalue weighted by molar-refractivity contribution is 5.91. The summed E-state index contributed by atoms with van der Waals surface area (Å²) in [5.41, 5.74) is 20.2. The van der Waals surface area contributed by atoms with Crippen LogP contribution in [0.3, 0.4) is 0 Å². The number of benzene rings is 7. The van der Waals surface area contributed by atoms with Crippen molar-refractivity contribution in [1.82, 2.24) is 9.55 Å². The molecule has 10 rings (SSSR count). The van der Waals surface area contributed by atoms with Crippen LogP contribution in [-0.4, -0.2) is 9.55 Å². The van der Waals surface area contributed by atoms with Crippen LogP contribution < -0.4 is 0 Å². The van der Waals surface area contributed by atoms with Gasteiger partial charge in [-0.25, -0.2) is 4.98 Å². The quantitative estimate of drug-likeness (QED) is 0.185. The Balaban J connectivity index is 1.02. The first-order valence-electron chi connectivity index (χ1n) is 18.0. The molecule has 2 aliphatic carbocycles. The Hall–Kier alpha value is -5.99. The van der Waals surface area contributed by atoms with Crippen LogP contribution in [0.1, 0.15) is 49.9 Å². The van der Waals surface area contributed by atoms with Crippen LogP contribution in [0.25, 0.3) is 72.6 Å². The molecule has 2 heteroatoms. The minimum absolute atomic E-state index is 0.0832. The number of aromatic nitrogens is 2. The Morgan fingerprint density at radius 2 is 0.843 bits per heavy atom. The van der Waals surface area contributed by atoms with Crippen LogP contribution in [-0.2, 0) is 10.8 Å². The van der Waals surface area contributed by atoms with E-state index in [4.69, 9.17) is 4.98 Å². The van der Waals surface area contributed by atoms with Gasteiger partial charge in [-0.05, 0) is 115 Å². The first-order chi connectivity index (χ1) is 24.8. The highest BCUT2D eigenvalue weighted by Crippen LogP contribution is 2.56. The van der Waals surface area contributed by atoms with E-state index in [2.05, 4.69) is 190 Å². The van der Waals surface area contributed by atoms with Gasteiger partial charge in [-0.1, -0.05) is 137 Å². The number of nitrogens with zero attached hydrogens (tertiary/aromatic N) is 2. The summed E-state index contributed by atoms with van der Waals surface area (Å²) < 4.78 is 2.26. The molecule has 0 radical (unpaired) electrons. The molecule has 0 spiro atoms. The lowest BCUT2D eigenvalue weighted by molar-refractivity contribution is 0.652. The molecule has 7 aromatic carbocycles. The van der Waals surface area contributed by atoms with Gasteiger partial charge >= 0.3 is 0 Å². The topological polar surface area (TPSA) is 17.8 Å². The fourth-order valence-electron chi connectivity index (χ4n) is 8.82. The van der Waals surface area contributed by atoms with E-state index in [0.717, 1.165) is 28.1 Å². The molecule has 2 aliphatic rings. The maximum Gasteiger partial charge on any atom is 0.145 e. The van der Waals surface area contributed by atoms with Gasteiger partial charge in [0, 0.05) is 22.1 Å². The molecular formula is C49H38N2. The zero-order chi connectivity index (χ0) is 34.5. The molecule has 1 aromatic heterocycles. The zero-order valence-corrected chi connectivity index (χ0v) is 29.4. The SMILES string of the molecule is CC1(C)c2cc(-c3ccccc3)ccc2-c2cc3c(cc21)-c1ccc(-c2ccc(-c4nc5ccccc5n4-c4ccccc4)cc2)cc1C3(C)C. The fourth-order valence-corrected chi connectivity index (χ4v) is 8.82. The van der Waals surface area contributed by atoms with Crippen molar-refractivity contribution in [2.75, 3.05) is 0 Å². The van der Waals surface area contributed by atoms with Crippen molar-refractivity contribution in [3.8, 4) is 61.6 Å². The van der Waals surface area contributed by atoms with Gasteiger partial charge in [-0.15, -0.1) is 0 Å². The van der Waals surface area contributed by atoms with Crippen LogP contribution in [0.5, 0.6) is 0 Å². The number of fused-ring (bicyclic) bond motifs is 7. The van der Waals surface area contributed by atoms with Gasteiger partial charge in [0.15, 0.2) is 0 Å². The average Bonchev–Trinajstić information content (AvgIpc) is 3.74. The van der Waals surface area contributed by atoms with Gasteiger partial charge < -0.3 is 0 Å². The lowest BCUT2D eigenvalue weighted by Crippen LogP contribution is -2.17. The van der Waals surface area contributed by atoms with E-state index >= 15 is 0 Å². The van der Waals surface area contributed by atoms with Gasteiger partial charge in [-0.3, -0.25) is 4.57 Å². The van der Waals surface area contributed by atoms with E-state index in [1.807, 2.05) is 0 Å². The van der Waals surface area contributed by atoms with Crippen LogP contribution >= 0.6 is 0 Å². The molecule has 2 nitrogen and oxygen atoms in total. The molecule has 0 atom stereocenters. The predicted molar refractivity (Wildman–Crippen MR) is 213 cm³/mol. The van der Waals surface area contributed by atoms with Crippen molar-refractivity contribution >= 4 is 11.0 Å². The van der Waals surface area contributed by atoms with Crippen molar-refractivity contribution < 1.29 is 0 Å². The number of hydrogen-bond acceptors (Lipinski definition) is 1. The second-order valence-electron chi connectivity index (χ2n) is 15.3. The van der Waals surface area contributed by atoms with Gasteiger partial charge in [0.1, 0.15) is 5.82 Å². The maximum atomic E-state index is 5.08. The lowest BCUT2D eigenvalue weighted by atomic mass is 9.79. The van der Waals surface area contributed by atoms with E-state index < -0.39 is 0 Å².